The van der Waals surface area contributed by atoms with Crippen LogP contribution in [0, 0.1) is 5.92 Å². The molecule has 0 amide bonds. The lowest BCUT2D eigenvalue weighted by Gasteiger charge is -2.20. The first kappa shape index (κ1) is 12.9. The van der Waals surface area contributed by atoms with Gasteiger partial charge in [-0.15, -0.1) is 0 Å². The van der Waals surface area contributed by atoms with Crippen molar-refractivity contribution in [1.82, 2.24) is 5.32 Å². The molecule has 80 valence electrons. The van der Waals surface area contributed by atoms with Crippen molar-refractivity contribution >= 4 is 0 Å². The summed E-state index contributed by atoms with van der Waals surface area (Å²) in [6.45, 7) is 7.46. The van der Waals surface area contributed by atoms with Crippen LogP contribution < -0.4 is 5.32 Å². The van der Waals surface area contributed by atoms with Gasteiger partial charge in [0, 0.05) is 0 Å². The van der Waals surface area contributed by atoms with Crippen LogP contribution in [-0.4, -0.2) is 35.5 Å². The van der Waals surface area contributed by atoms with E-state index in [1.165, 1.54) is 0 Å². The molecule has 3 N–H and O–H groups in total. The summed E-state index contributed by atoms with van der Waals surface area (Å²) in [7, 11) is 0. The van der Waals surface area contributed by atoms with Gasteiger partial charge in [0.1, 0.15) is 0 Å². The second kappa shape index (κ2) is 7.30. The van der Waals surface area contributed by atoms with E-state index >= 15 is 0 Å². The summed E-state index contributed by atoms with van der Waals surface area (Å²) in [6, 6.07) is 0. The van der Waals surface area contributed by atoms with Crippen LogP contribution in [0.3, 0.4) is 0 Å². The van der Waals surface area contributed by atoms with Crippen molar-refractivity contribution in [1.29, 1.82) is 0 Å². The number of aliphatic hydroxyl groups is 2. The van der Waals surface area contributed by atoms with E-state index in [4.69, 9.17) is 0 Å². The minimum atomic E-state index is -0.276. The zero-order chi connectivity index (χ0) is 10.3. The Hall–Kier alpha value is -0.120. The number of aliphatic hydroxyl groups excluding tert-OH is 2. The Labute approximate surface area is 81.2 Å². The fraction of sp³-hybridized carbons (Fsp3) is 1.00. The molecular weight excluding hydrogens is 166 g/mol. The standard InChI is InChI=1S/C10H23NO2/c1-4-11-7-10(5-8(2)12)6-9(3)13/h8-13H,4-7H2,1-3H3. The highest BCUT2D eigenvalue weighted by Gasteiger charge is 2.13. The minimum absolute atomic E-state index is 0.276. The molecule has 2 unspecified atom stereocenters. The molecular formula is C10H23NO2. The summed E-state index contributed by atoms with van der Waals surface area (Å²) >= 11 is 0. The van der Waals surface area contributed by atoms with Crippen LogP contribution in [0.2, 0.25) is 0 Å². The average molecular weight is 189 g/mol. The molecule has 0 fully saturated rings. The van der Waals surface area contributed by atoms with Gasteiger partial charge in [-0.3, -0.25) is 0 Å². The molecule has 2 atom stereocenters. The summed E-state index contributed by atoms with van der Waals surface area (Å²) in [5.41, 5.74) is 0. The lowest BCUT2D eigenvalue weighted by molar-refractivity contribution is 0.119. The van der Waals surface area contributed by atoms with Gasteiger partial charge in [0.15, 0.2) is 0 Å². The quantitative estimate of drug-likeness (QED) is 0.554. The third kappa shape index (κ3) is 8.22. The van der Waals surface area contributed by atoms with Gasteiger partial charge in [0.2, 0.25) is 0 Å². The summed E-state index contributed by atoms with van der Waals surface area (Å²) in [5.74, 6) is 0.375. The zero-order valence-corrected chi connectivity index (χ0v) is 8.95. The van der Waals surface area contributed by atoms with E-state index in [9.17, 15) is 10.2 Å². The molecule has 0 saturated carbocycles. The maximum absolute atomic E-state index is 9.23. The van der Waals surface area contributed by atoms with E-state index in [0.717, 1.165) is 25.9 Å². The Morgan fingerprint density at radius 3 is 1.85 bits per heavy atom. The number of hydrogen-bond donors (Lipinski definition) is 3. The van der Waals surface area contributed by atoms with E-state index in [1.54, 1.807) is 13.8 Å². The van der Waals surface area contributed by atoms with Gasteiger partial charge in [-0.1, -0.05) is 6.92 Å². The molecule has 0 aliphatic carbocycles. The van der Waals surface area contributed by atoms with Gasteiger partial charge >= 0.3 is 0 Å². The molecule has 3 heteroatoms. The molecule has 3 nitrogen and oxygen atoms in total. The molecule has 0 aromatic carbocycles. The molecule has 0 radical (unpaired) electrons. The van der Waals surface area contributed by atoms with Crippen LogP contribution in [0.25, 0.3) is 0 Å². The fourth-order valence-corrected chi connectivity index (χ4v) is 1.58. The number of rotatable bonds is 7. The van der Waals surface area contributed by atoms with Crippen molar-refractivity contribution in [3.05, 3.63) is 0 Å². The molecule has 0 spiro atoms. The second-order valence-corrected chi connectivity index (χ2v) is 3.84. The zero-order valence-electron chi connectivity index (χ0n) is 8.95. The fourth-order valence-electron chi connectivity index (χ4n) is 1.58. The molecule has 0 saturated heterocycles. The van der Waals surface area contributed by atoms with Crippen LogP contribution in [0.4, 0.5) is 0 Å². The largest absolute Gasteiger partial charge is 0.393 e. The summed E-state index contributed by atoms with van der Waals surface area (Å²) < 4.78 is 0. The monoisotopic (exact) mass is 189 g/mol. The van der Waals surface area contributed by atoms with Gasteiger partial charge < -0.3 is 15.5 Å². The van der Waals surface area contributed by atoms with Crippen molar-refractivity contribution in [2.45, 2.75) is 45.8 Å². The van der Waals surface area contributed by atoms with Gasteiger partial charge in [-0.05, 0) is 45.7 Å². The van der Waals surface area contributed by atoms with E-state index in [2.05, 4.69) is 12.2 Å². The smallest absolute Gasteiger partial charge is 0.0515 e. The van der Waals surface area contributed by atoms with Gasteiger partial charge in [0.05, 0.1) is 12.2 Å². The highest BCUT2D eigenvalue weighted by atomic mass is 16.3. The summed E-state index contributed by atoms with van der Waals surface area (Å²) in [5, 5.41) is 21.7. The maximum atomic E-state index is 9.23. The molecule has 0 aromatic heterocycles. The highest BCUT2D eigenvalue weighted by Crippen LogP contribution is 2.12. The van der Waals surface area contributed by atoms with E-state index < -0.39 is 0 Å². The Bertz CT molecular complexity index is 105. The molecule has 0 rings (SSSR count). The normalized spacial score (nSPS) is 18.2. The van der Waals surface area contributed by atoms with Crippen molar-refractivity contribution in [2.24, 2.45) is 5.92 Å². The summed E-state index contributed by atoms with van der Waals surface area (Å²) in [6.07, 6.45) is 0.973. The molecule has 0 bridgehead atoms. The minimum Gasteiger partial charge on any atom is -0.393 e. The number of hydrogen-bond acceptors (Lipinski definition) is 3. The lowest BCUT2D eigenvalue weighted by atomic mass is 9.96. The highest BCUT2D eigenvalue weighted by molar-refractivity contribution is 4.67. The Balaban J connectivity index is 3.73. The first-order valence-electron chi connectivity index (χ1n) is 5.13. The molecule has 0 aliphatic rings. The number of nitrogens with one attached hydrogen (secondary N) is 1. The SMILES string of the molecule is CCNCC(CC(C)O)CC(C)O. The van der Waals surface area contributed by atoms with Crippen LogP contribution in [0.5, 0.6) is 0 Å². The van der Waals surface area contributed by atoms with Gasteiger partial charge in [-0.2, -0.15) is 0 Å². The van der Waals surface area contributed by atoms with Crippen molar-refractivity contribution in [2.75, 3.05) is 13.1 Å². The van der Waals surface area contributed by atoms with Gasteiger partial charge in [0.25, 0.3) is 0 Å². The Morgan fingerprint density at radius 2 is 1.54 bits per heavy atom. The molecule has 13 heavy (non-hydrogen) atoms. The van der Waals surface area contributed by atoms with Crippen molar-refractivity contribution in [3.8, 4) is 0 Å². The van der Waals surface area contributed by atoms with E-state index in [1.807, 2.05) is 0 Å². The predicted molar refractivity (Wildman–Crippen MR) is 54.6 cm³/mol. The first-order valence-corrected chi connectivity index (χ1v) is 5.13. The third-order valence-corrected chi connectivity index (χ3v) is 2.03. The van der Waals surface area contributed by atoms with Gasteiger partial charge in [-0.25, -0.2) is 0 Å². The van der Waals surface area contributed by atoms with Crippen LogP contribution >= 0.6 is 0 Å². The van der Waals surface area contributed by atoms with Crippen LogP contribution in [0.1, 0.15) is 33.6 Å². The van der Waals surface area contributed by atoms with Crippen molar-refractivity contribution in [3.63, 3.8) is 0 Å². The maximum Gasteiger partial charge on any atom is 0.0515 e. The first-order chi connectivity index (χ1) is 6.06. The molecule has 0 aromatic rings. The second-order valence-electron chi connectivity index (χ2n) is 3.84. The lowest BCUT2D eigenvalue weighted by Crippen LogP contribution is -2.27. The Kier molecular flexibility index (Phi) is 7.23. The Morgan fingerprint density at radius 1 is 1.08 bits per heavy atom. The summed E-state index contributed by atoms with van der Waals surface area (Å²) in [4.78, 5) is 0. The molecule has 0 heterocycles. The van der Waals surface area contributed by atoms with Crippen LogP contribution in [-0.2, 0) is 0 Å². The van der Waals surface area contributed by atoms with E-state index in [0.29, 0.717) is 5.92 Å². The topological polar surface area (TPSA) is 52.5 Å². The third-order valence-electron chi connectivity index (χ3n) is 2.03. The molecule has 0 aliphatic heterocycles. The van der Waals surface area contributed by atoms with Crippen LogP contribution in [0.15, 0.2) is 0 Å². The van der Waals surface area contributed by atoms with E-state index in [-0.39, 0.29) is 12.2 Å². The average Bonchev–Trinajstić information content (AvgIpc) is 1.98. The predicted octanol–water partition coefficient (Wildman–Crippen LogP) is 0.754. The van der Waals surface area contributed by atoms with Crippen molar-refractivity contribution < 1.29 is 10.2 Å².